The highest BCUT2D eigenvalue weighted by atomic mass is 16.8. The van der Waals surface area contributed by atoms with Gasteiger partial charge in [0.25, 0.3) is 0 Å². The highest BCUT2D eigenvalue weighted by molar-refractivity contribution is 5.83. The Morgan fingerprint density at radius 3 is 1.88 bits per heavy atom. The largest absolute Gasteiger partial charge is 0.396 e. The predicted molar refractivity (Wildman–Crippen MR) is 116 cm³/mol. The minimum absolute atomic E-state index is 0.00431. The van der Waals surface area contributed by atoms with Crippen LogP contribution in [0.1, 0.15) is 53.4 Å². The number of nitrogens with zero attached hydrogens (tertiary/aromatic N) is 1. The standard InChI is InChI=1S/C23H38N2O8/c1-22(2)30-18-12(10-26)8-14(20(18)32-22)25(17(28)7-6-16(24)27)15-9-13(11-29-5)19-21(15)33-23(3,4)31-19/h12-15,18-21,26H,6-11H2,1-5H3,(H2,24,27). The summed E-state index contributed by atoms with van der Waals surface area (Å²) in [5.74, 6) is -2.39. The van der Waals surface area contributed by atoms with Crippen molar-refractivity contribution in [1.29, 1.82) is 0 Å². The van der Waals surface area contributed by atoms with Crippen LogP contribution in [0.3, 0.4) is 0 Å². The van der Waals surface area contributed by atoms with Crippen LogP contribution in [0.25, 0.3) is 0 Å². The number of carbonyl (C=O) groups is 2. The molecule has 33 heavy (non-hydrogen) atoms. The van der Waals surface area contributed by atoms with Crippen molar-refractivity contribution in [2.45, 2.75) is 101 Å². The molecule has 10 nitrogen and oxygen atoms in total. The quantitative estimate of drug-likeness (QED) is 0.526. The molecule has 4 rings (SSSR count). The summed E-state index contributed by atoms with van der Waals surface area (Å²) in [7, 11) is 1.65. The van der Waals surface area contributed by atoms with Crippen LogP contribution >= 0.6 is 0 Å². The molecule has 0 aromatic carbocycles. The first-order chi connectivity index (χ1) is 15.5. The van der Waals surface area contributed by atoms with Crippen LogP contribution in [0.4, 0.5) is 0 Å². The summed E-state index contributed by atoms with van der Waals surface area (Å²) in [5.41, 5.74) is 5.35. The molecule has 2 saturated heterocycles. The predicted octanol–water partition coefficient (Wildman–Crippen LogP) is 0.536. The number of methoxy groups -OCH3 is 1. The fourth-order valence-corrected chi connectivity index (χ4v) is 6.19. The second-order valence-corrected chi connectivity index (χ2v) is 10.7. The average molecular weight is 471 g/mol. The van der Waals surface area contributed by atoms with E-state index in [1.165, 1.54) is 0 Å². The number of nitrogens with two attached hydrogens (primary N) is 1. The fourth-order valence-electron chi connectivity index (χ4n) is 6.19. The monoisotopic (exact) mass is 470 g/mol. The highest BCUT2D eigenvalue weighted by Crippen LogP contribution is 2.48. The van der Waals surface area contributed by atoms with Gasteiger partial charge in [0.1, 0.15) is 12.2 Å². The minimum Gasteiger partial charge on any atom is -0.396 e. The summed E-state index contributed by atoms with van der Waals surface area (Å²) in [6.45, 7) is 7.85. The lowest BCUT2D eigenvalue weighted by Gasteiger charge is -2.40. The summed E-state index contributed by atoms with van der Waals surface area (Å²) in [5, 5.41) is 10.0. The number of hydrogen-bond acceptors (Lipinski definition) is 8. The van der Waals surface area contributed by atoms with E-state index in [0.717, 1.165) is 0 Å². The van der Waals surface area contributed by atoms with E-state index in [1.807, 2.05) is 32.6 Å². The van der Waals surface area contributed by atoms with Crippen LogP contribution in [-0.4, -0.2) is 90.2 Å². The molecule has 10 heteroatoms. The second-order valence-electron chi connectivity index (χ2n) is 10.7. The van der Waals surface area contributed by atoms with Crippen molar-refractivity contribution in [3.63, 3.8) is 0 Å². The Kier molecular flexibility index (Phi) is 6.81. The van der Waals surface area contributed by atoms with Gasteiger partial charge in [0.2, 0.25) is 11.8 Å². The zero-order chi connectivity index (χ0) is 24.1. The molecule has 0 aromatic rings. The number of ether oxygens (including phenoxy) is 5. The van der Waals surface area contributed by atoms with E-state index in [2.05, 4.69) is 0 Å². The number of rotatable bonds is 8. The molecule has 2 aliphatic heterocycles. The van der Waals surface area contributed by atoms with Gasteiger partial charge in [-0.3, -0.25) is 9.59 Å². The first-order valence-corrected chi connectivity index (χ1v) is 11.9. The van der Waals surface area contributed by atoms with E-state index in [-0.39, 0.29) is 73.7 Å². The smallest absolute Gasteiger partial charge is 0.223 e. The van der Waals surface area contributed by atoms with Crippen molar-refractivity contribution < 1.29 is 38.4 Å². The Morgan fingerprint density at radius 1 is 0.909 bits per heavy atom. The Hall–Kier alpha value is -1.30. The lowest BCUT2D eigenvalue weighted by Crippen LogP contribution is -2.55. The third-order valence-electron chi connectivity index (χ3n) is 7.31. The van der Waals surface area contributed by atoms with Gasteiger partial charge in [0, 0.05) is 38.4 Å². The molecular weight excluding hydrogens is 432 g/mol. The van der Waals surface area contributed by atoms with Gasteiger partial charge in [-0.2, -0.15) is 0 Å². The summed E-state index contributed by atoms with van der Waals surface area (Å²) in [6.07, 6.45) is -0.0896. The van der Waals surface area contributed by atoms with Crippen LogP contribution in [0.2, 0.25) is 0 Å². The second kappa shape index (κ2) is 9.05. The topological polar surface area (TPSA) is 130 Å². The first-order valence-electron chi connectivity index (χ1n) is 11.9. The molecule has 0 bridgehead atoms. The van der Waals surface area contributed by atoms with Crippen LogP contribution in [-0.2, 0) is 33.3 Å². The maximum Gasteiger partial charge on any atom is 0.223 e. The van der Waals surface area contributed by atoms with Gasteiger partial charge in [0.05, 0.1) is 30.9 Å². The molecule has 2 saturated carbocycles. The van der Waals surface area contributed by atoms with Crippen molar-refractivity contribution in [3.8, 4) is 0 Å². The Labute approximate surface area is 195 Å². The van der Waals surface area contributed by atoms with Gasteiger partial charge in [-0.05, 0) is 40.5 Å². The molecule has 2 heterocycles. The number of carbonyl (C=O) groups excluding carboxylic acids is 2. The maximum atomic E-state index is 13.6. The number of aliphatic hydroxyl groups is 1. The number of primary amides is 1. The SMILES string of the molecule is COCC1CC(N(C(=O)CCC(N)=O)C2CC(CO)C3OC(C)(C)OC32)C2OC(C)(C)OC12. The van der Waals surface area contributed by atoms with Crippen LogP contribution < -0.4 is 5.73 Å². The number of fused-ring (bicyclic) bond motifs is 2. The molecule has 2 aliphatic carbocycles. The number of amides is 2. The van der Waals surface area contributed by atoms with Gasteiger partial charge < -0.3 is 39.4 Å². The van der Waals surface area contributed by atoms with Gasteiger partial charge >= 0.3 is 0 Å². The van der Waals surface area contributed by atoms with E-state index in [4.69, 9.17) is 29.4 Å². The minimum atomic E-state index is -0.810. The lowest BCUT2D eigenvalue weighted by atomic mass is 10.0. The maximum absolute atomic E-state index is 13.6. The molecule has 188 valence electrons. The number of hydrogen-bond donors (Lipinski definition) is 2. The molecule has 3 N–H and O–H groups in total. The molecule has 4 aliphatic rings. The van der Waals surface area contributed by atoms with Crippen molar-refractivity contribution in [2.24, 2.45) is 17.6 Å². The van der Waals surface area contributed by atoms with Crippen molar-refractivity contribution in [3.05, 3.63) is 0 Å². The van der Waals surface area contributed by atoms with Crippen LogP contribution in [0, 0.1) is 11.8 Å². The molecule has 8 unspecified atom stereocenters. The van der Waals surface area contributed by atoms with E-state index < -0.39 is 17.5 Å². The molecular formula is C23H38N2O8. The third kappa shape index (κ3) is 4.78. The molecule has 0 radical (unpaired) electrons. The zero-order valence-corrected chi connectivity index (χ0v) is 20.2. The summed E-state index contributed by atoms with van der Waals surface area (Å²) in [4.78, 5) is 26.9. The molecule has 0 aromatic heterocycles. The van der Waals surface area contributed by atoms with Gasteiger partial charge in [-0.1, -0.05) is 0 Å². The molecule has 8 atom stereocenters. The van der Waals surface area contributed by atoms with Gasteiger partial charge in [-0.15, -0.1) is 0 Å². The normalized spacial score (nSPS) is 40.5. The van der Waals surface area contributed by atoms with Gasteiger partial charge in [-0.25, -0.2) is 0 Å². The average Bonchev–Trinajstić information content (AvgIpc) is 3.39. The highest BCUT2D eigenvalue weighted by Gasteiger charge is 2.61. The molecule has 0 spiro atoms. The number of aliphatic hydroxyl groups excluding tert-OH is 1. The fraction of sp³-hybridized carbons (Fsp3) is 0.913. The Bertz CT molecular complexity index is 759. The lowest BCUT2D eigenvalue weighted by molar-refractivity contribution is -0.179. The van der Waals surface area contributed by atoms with E-state index in [9.17, 15) is 14.7 Å². The Morgan fingerprint density at radius 2 is 1.39 bits per heavy atom. The first kappa shape index (κ1) is 24.8. The van der Waals surface area contributed by atoms with Gasteiger partial charge in [0.15, 0.2) is 11.6 Å². The van der Waals surface area contributed by atoms with Crippen LogP contribution in [0.15, 0.2) is 0 Å². The van der Waals surface area contributed by atoms with Crippen molar-refractivity contribution >= 4 is 11.8 Å². The Balaban J connectivity index is 1.67. The summed E-state index contributed by atoms with van der Waals surface area (Å²) < 4.78 is 30.3. The third-order valence-corrected chi connectivity index (χ3v) is 7.31. The van der Waals surface area contributed by atoms with Crippen molar-refractivity contribution in [1.82, 2.24) is 4.90 Å². The van der Waals surface area contributed by atoms with Crippen molar-refractivity contribution in [2.75, 3.05) is 20.3 Å². The van der Waals surface area contributed by atoms with Crippen LogP contribution in [0.5, 0.6) is 0 Å². The van der Waals surface area contributed by atoms with E-state index in [0.29, 0.717) is 19.4 Å². The van der Waals surface area contributed by atoms with E-state index >= 15 is 0 Å². The molecule has 2 amide bonds. The molecule has 4 fully saturated rings. The zero-order valence-electron chi connectivity index (χ0n) is 20.2. The summed E-state index contributed by atoms with van der Waals surface area (Å²) >= 11 is 0. The summed E-state index contributed by atoms with van der Waals surface area (Å²) in [6, 6.07) is -0.610. The van der Waals surface area contributed by atoms with E-state index in [1.54, 1.807) is 7.11 Å².